The summed E-state index contributed by atoms with van der Waals surface area (Å²) in [6, 6.07) is 24.5. The second-order valence-corrected chi connectivity index (χ2v) is 12.5. The number of carbonyl (C=O) groups excluding carboxylic acids is 1. The fourth-order valence-electron chi connectivity index (χ4n) is 4.80. The molecule has 38 heavy (non-hydrogen) atoms. The summed E-state index contributed by atoms with van der Waals surface area (Å²) in [4.78, 5) is 19.4. The second-order valence-electron chi connectivity index (χ2n) is 9.56. The maximum Gasteiger partial charge on any atom is 0.244 e. The van der Waals surface area contributed by atoms with Gasteiger partial charge in [-0.25, -0.2) is 13.4 Å². The maximum atomic E-state index is 13.3. The van der Waals surface area contributed by atoms with Crippen molar-refractivity contribution in [1.29, 1.82) is 0 Å². The van der Waals surface area contributed by atoms with Gasteiger partial charge in [0.1, 0.15) is 6.04 Å². The smallest absolute Gasteiger partial charge is 0.244 e. The zero-order valence-electron chi connectivity index (χ0n) is 21.6. The minimum atomic E-state index is -3.77. The van der Waals surface area contributed by atoms with Gasteiger partial charge in [0.2, 0.25) is 15.9 Å². The van der Waals surface area contributed by atoms with Crippen LogP contribution >= 0.6 is 11.3 Å². The topological polar surface area (TPSA) is 79.4 Å². The quantitative estimate of drug-likeness (QED) is 0.273. The number of nitrogens with zero attached hydrogens (tertiary/aromatic N) is 2. The van der Waals surface area contributed by atoms with E-state index in [2.05, 4.69) is 48.6 Å². The molecule has 3 aromatic carbocycles. The van der Waals surface area contributed by atoms with Crippen LogP contribution in [0.2, 0.25) is 0 Å². The Morgan fingerprint density at radius 1 is 0.974 bits per heavy atom. The Balaban J connectivity index is 1.36. The molecule has 1 aliphatic heterocycles. The summed E-state index contributed by atoms with van der Waals surface area (Å²) in [6.07, 6.45) is 2.93. The minimum absolute atomic E-state index is 0.212. The van der Waals surface area contributed by atoms with E-state index in [9.17, 15) is 13.2 Å². The van der Waals surface area contributed by atoms with Crippen LogP contribution in [0.1, 0.15) is 36.6 Å². The van der Waals surface area contributed by atoms with E-state index in [0.29, 0.717) is 24.5 Å². The molecule has 6 nitrogen and oxygen atoms in total. The number of nitrogens with one attached hydrogen (secondary N) is 1. The third-order valence-electron chi connectivity index (χ3n) is 6.80. The van der Waals surface area contributed by atoms with Crippen molar-refractivity contribution in [2.45, 2.75) is 50.5 Å². The van der Waals surface area contributed by atoms with Crippen molar-refractivity contribution in [3.8, 4) is 22.4 Å². The van der Waals surface area contributed by atoms with Gasteiger partial charge in [-0.3, -0.25) is 4.79 Å². The second kappa shape index (κ2) is 11.2. The van der Waals surface area contributed by atoms with E-state index in [1.165, 1.54) is 15.6 Å². The Hall–Kier alpha value is -3.33. The number of benzene rings is 3. The molecule has 1 fully saturated rings. The molecular formula is C30H31N3O3S2. The molecule has 0 aliphatic carbocycles. The van der Waals surface area contributed by atoms with Crippen molar-refractivity contribution in [3.05, 3.63) is 89.3 Å². The molecule has 4 aromatic rings. The summed E-state index contributed by atoms with van der Waals surface area (Å²) >= 11 is 1.46. The zero-order chi connectivity index (χ0) is 26.7. The highest BCUT2D eigenvalue weighted by atomic mass is 32.2. The molecule has 8 heteroatoms. The van der Waals surface area contributed by atoms with Crippen LogP contribution < -0.4 is 5.32 Å². The van der Waals surface area contributed by atoms with Crippen molar-refractivity contribution in [2.24, 2.45) is 0 Å². The third kappa shape index (κ3) is 5.43. The van der Waals surface area contributed by atoms with E-state index < -0.39 is 16.1 Å². The van der Waals surface area contributed by atoms with E-state index in [4.69, 9.17) is 4.98 Å². The molecule has 0 radical (unpaired) electrons. The van der Waals surface area contributed by atoms with Crippen molar-refractivity contribution >= 4 is 32.4 Å². The molecule has 196 valence electrons. The predicted molar refractivity (Wildman–Crippen MR) is 154 cm³/mol. The van der Waals surface area contributed by atoms with Crippen LogP contribution in [0.25, 0.3) is 22.4 Å². The molecule has 1 aliphatic rings. The Morgan fingerprint density at radius 3 is 2.32 bits per heavy atom. The largest absolute Gasteiger partial charge is 0.301 e. The highest BCUT2D eigenvalue weighted by Gasteiger charge is 2.39. The van der Waals surface area contributed by atoms with E-state index in [1.807, 2.05) is 25.1 Å². The number of anilines is 1. The molecule has 1 N–H and O–H groups in total. The summed E-state index contributed by atoms with van der Waals surface area (Å²) < 4.78 is 27.9. The fraction of sp³-hybridized carbons (Fsp3) is 0.267. The van der Waals surface area contributed by atoms with Crippen molar-refractivity contribution in [3.63, 3.8) is 0 Å². The number of aryl methyl sites for hydroxylation is 2. The number of carbonyl (C=O) groups is 1. The van der Waals surface area contributed by atoms with Crippen molar-refractivity contribution < 1.29 is 13.2 Å². The van der Waals surface area contributed by atoms with Gasteiger partial charge < -0.3 is 5.32 Å². The standard InChI is InChI=1S/C30H31N3O3S2/c1-3-8-27-28(24-16-14-23(15-17-24)22-9-5-4-6-10-22)31-30(37-27)32-29(34)26-11-7-20-33(26)38(35,36)25-18-12-21(2)13-19-25/h4-6,9-10,12-19,26H,3,7-8,11,20H2,1-2H3,(H,31,32,34). The highest BCUT2D eigenvalue weighted by Crippen LogP contribution is 2.34. The average molecular weight is 546 g/mol. The normalized spacial score (nSPS) is 16.0. The molecule has 5 rings (SSSR count). The molecule has 1 unspecified atom stereocenters. The first-order chi connectivity index (χ1) is 18.4. The molecule has 2 heterocycles. The van der Waals surface area contributed by atoms with Crippen LogP contribution in [0.4, 0.5) is 5.13 Å². The molecule has 1 saturated heterocycles. The summed E-state index contributed by atoms with van der Waals surface area (Å²) in [6.45, 7) is 4.36. The van der Waals surface area contributed by atoms with E-state index >= 15 is 0 Å². The van der Waals surface area contributed by atoms with Crippen LogP contribution in [0.3, 0.4) is 0 Å². The molecule has 0 bridgehead atoms. The predicted octanol–water partition coefficient (Wildman–Crippen LogP) is 6.53. The lowest BCUT2D eigenvalue weighted by Gasteiger charge is -2.23. The summed E-state index contributed by atoms with van der Waals surface area (Å²) in [5.41, 5.74) is 5.13. The van der Waals surface area contributed by atoms with Gasteiger partial charge in [0, 0.05) is 17.0 Å². The van der Waals surface area contributed by atoms with Crippen LogP contribution in [0, 0.1) is 6.92 Å². The van der Waals surface area contributed by atoms with Gasteiger partial charge in [0.05, 0.1) is 10.6 Å². The number of hydrogen-bond acceptors (Lipinski definition) is 5. The minimum Gasteiger partial charge on any atom is -0.301 e. The fourth-order valence-corrected chi connectivity index (χ4v) is 7.55. The monoisotopic (exact) mass is 545 g/mol. The van der Waals surface area contributed by atoms with Gasteiger partial charge in [-0.2, -0.15) is 4.31 Å². The summed E-state index contributed by atoms with van der Waals surface area (Å²) in [5.74, 6) is -0.332. The molecular weight excluding hydrogens is 514 g/mol. The van der Waals surface area contributed by atoms with Crippen molar-refractivity contribution in [1.82, 2.24) is 9.29 Å². The van der Waals surface area contributed by atoms with E-state index in [1.54, 1.807) is 24.3 Å². The van der Waals surface area contributed by atoms with Crippen LogP contribution in [-0.4, -0.2) is 36.2 Å². The first-order valence-electron chi connectivity index (χ1n) is 12.9. The van der Waals surface area contributed by atoms with Gasteiger partial charge in [-0.15, -0.1) is 11.3 Å². The van der Waals surface area contributed by atoms with Gasteiger partial charge in [0.25, 0.3) is 0 Å². The highest BCUT2D eigenvalue weighted by molar-refractivity contribution is 7.89. The van der Waals surface area contributed by atoms with Gasteiger partial charge >= 0.3 is 0 Å². The lowest BCUT2D eigenvalue weighted by Crippen LogP contribution is -2.43. The van der Waals surface area contributed by atoms with Gasteiger partial charge in [0.15, 0.2) is 5.13 Å². The Labute approximate surface area is 228 Å². The summed E-state index contributed by atoms with van der Waals surface area (Å²) in [5, 5.41) is 3.44. The number of rotatable bonds is 8. The number of hydrogen-bond donors (Lipinski definition) is 1. The zero-order valence-corrected chi connectivity index (χ0v) is 23.2. The number of thiazole rings is 1. The van der Waals surface area contributed by atoms with E-state index in [-0.39, 0.29) is 10.8 Å². The van der Waals surface area contributed by atoms with Crippen molar-refractivity contribution in [2.75, 3.05) is 11.9 Å². The third-order valence-corrected chi connectivity index (χ3v) is 9.76. The van der Waals surface area contributed by atoms with Crippen LogP contribution in [0.5, 0.6) is 0 Å². The first kappa shape index (κ1) is 26.3. The van der Waals surface area contributed by atoms with Crippen LogP contribution in [-0.2, 0) is 21.2 Å². The molecule has 0 saturated carbocycles. The Bertz CT molecular complexity index is 1510. The maximum absolute atomic E-state index is 13.3. The SMILES string of the molecule is CCCc1sc(NC(=O)C2CCCN2S(=O)(=O)c2ccc(C)cc2)nc1-c1ccc(-c2ccccc2)cc1. The Morgan fingerprint density at radius 2 is 1.63 bits per heavy atom. The average Bonchev–Trinajstić information content (AvgIpc) is 3.58. The number of amides is 1. The Kier molecular flexibility index (Phi) is 7.74. The number of aromatic nitrogens is 1. The summed E-state index contributed by atoms with van der Waals surface area (Å²) in [7, 11) is -3.77. The lowest BCUT2D eigenvalue weighted by molar-refractivity contribution is -0.119. The lowest BCUT2D eigenvalue weighted by atomic mass is 10.0. The molecule has 0 spiro atoms. The molecule has 1 amide bonds. The number of sulfonamides is 1. The first-order valence-corrected chi connectivity index (χ1v) is 15.2. The van der Waals surface area contributed by atoms with Gasteiger partial charge in [-0.05, 0) is 49.4 Å². The van der Waals surface area contributed by atoms with Crippen LogP contribution in [0.15, 0.2) is 83.8 Å². The van der Waals surface area contributed by atoms with Gasteiger partial charge in [-0.1, -0.05) is 85.6 Å². The van der Waals surface area contributed by atoms with E-state index in [0.717, 1.165) is 45.7 Å². The molecule has 1 aromatic heterocycles. The molecule has 1 atom stereocenters.